The van der Waals surface area contributed by atoms with Crippen LogP contribution in [0.4, 0.5) is 5.69 Å². The third kappa shape index (κ3) is 3.84. The molecule has 0 aromatic heterocycles. The highest BCUT2D eigenvalue weighted by Gasteiger charge is 2.13. The van der Waals surface area contributed by atoms with Crippen LogP contribution in [0.3, 0.4) is 0 Å². The van der Waals surface area contributed by atoms with E-state index in [-0.39, 0.29) is 17.5 Å². The van der Waals surface area contributed by atoms with Gasteiger partial charge in [0.1, 0.15) is 0 Å². The van der Waals surface area contributed by atoms with E-state index in [2.05, 4.69) is 5.32 Å². The van der Waals surface area contributed by atoms with Gasteiger partial charge in [-0.1, -0.05) is 25.1 Å². The normalized spacial score (nSPS) is 12.1. The number of benzene rings is 1. The van der Waals surface area contributed by atoms with Crippen LogP contribution >= 0.6 is 0 Å². The van der Waals surface area contributed by atoms with Gasteiger partial charge in [-0.05, 0) is 0 Å². The van der Waals surface area contributed by atoms with Crippen molar-refractivity contribution in [2.24, 2.45) is 11.7 Å². The van der Waals surface area contributed by atoms with Crippen LogP contribution in [0.2, 0.25) is 0 Å². The van der Waals surface area contributed by atoms with Crippen molar-refractivity contribution in [3.8, 4) is 0 Å². The van der Waals surface area contributed by atoms with Crippen molar-refractivity contribution in [2.75, 3.05) is 6.54 Å². The van der Waals surface area contributed by atoms with Crippen LogP contribution in [0.1, 0.15) is 12.5 Å². The van der Waals surface area contributed by atoms with Gasteiger partial charge in [-0.2, -0.15) is 0 Å². The number of para-hydroxylation sites is 1. The van der Waals surface area contributed by atoms with Gasteiger partial charge in [0.2, 0.25) is 5.91 Å². The molecule has 6 nitrogen and oxygen atoms in total. The minimum absolute atomic E-state index is 0.0757. The second-order valence-corrected chi connectivity index (χ2v) is 3.82. The van der Waals surface area contributed by atoms with E-state index in [4.69, 9.17) is 5.73 Å². The van der Waals surface area contributed by atoms with Crippen molar-refractivity contribution < 1.29 is 9.72 Å². The Morgan fingerprint density at radius 1 is 1.53 bits per heavy atom. The predicted molar refractivity (Wildman–Crippen MR) is 63.2 cm³/mol. The molecule has 0 spiro atoms. The molecule has 1 amide bonds. The van der Waals surface area contributed by atoms with Crippen molar-refractivity contribution >= 4 is 11.6 Å². The molecule has 0 aliphatic heterocycles. The first-order valence-electron chi connectivity index (χ1n) is 5.24. The molecular formula is C11H15N3O3. The van der Waals surface area contributed by atoms with Gasteiger partial charge in [0.05, 0.1) is 4.92 Å². The Balaban J connectivity index is 2.58. The summed E-state index contributed by atoms with van der Waals surface area (Å²) in [6, 6.07) is 6.49. The van der Waals surface area contributed by atoms with Crippen LogP contribution in [0.5, 0.6) is 0 Å². The minimum atomic E-state index is -0.422. The van der Waals surface area contributed by atoms with Crippen molar-refractivity contribution in [3.05, 3.63) is 39.9 Å². The van der Waals surface area contributed by atoms with Crippen LogP contribution in [0.15, 0.2) is 24.3 Å². The lowest BCUT2D eigenvalue weighted by atomic mass is 10.1. The first-order valence-corrected chi connectivity index (χ1v) is 5.24. The number of carbonyl (C=O) groups is 1. The van der Waals surface area contributed by atoms with Gasteiger partial charge in [-0.3, -0.25) is 14.9 Å². The highest BCUT2D eigenvalue weighted by atomic mass is 16.6. The number of carbonyl (C=O) groups excluding carboxylic acids is 1. The molecule has 1 unspecified atom stereocenters. The quantitative estimate of drug-likeness (QED) is 0.565. The van der Waals surface area contributed by atoms with Gasteiger partial charge in [-0.25, -0.2) is 0 Å². The summed E-state index contributed by atoms with van der Waals surface area (Å²) in [5.41, 5.74) is 5.77. The zero-order valence-electron chi connectivity index (χ0n) is 9.55. The number of nitro benzene ring substituents is 1. The first kappa shape index (κ1) is 13.1. The number of hydrogen-bond acceptors (Lipinski definition) is 4. The summed E-state index contributed by atoms with van der Waals surface area (Å²) in [5.74, 6) is -0.683. The molecule has 1 aromatic rings. The van der Waals surface area contributed by atoms with Crippen LogP contribution in [0.25, 0.3) is 0 Å². The molecule has 0 fully saturated rings. The van der Waals surface area contributed by atoms with E-state index in [0.29, 0.717) is 18.7 Å². The maximum Gasteiger partial charge on any atom is 0.273 e. The second kappa shape index (κ2) is 5.95. The zero-order valence-corrected chi connectivity index (χ0v) is 9.55. The van der Waals surface area contributed by atoms with Crippen molar-refractivity contribution in [1.29, 1.82) is 0 Å². The average molecular weight is 237 g/mol. The summed E-state index contributed by atoms with van der Waals surface area (Å²) in [6.07, 6.45) is 0. The van der Waals surface area contributed by atoms with Crippen molar-refractivity contribution in [2.45, 2.75) is 13.5 Å². The molecule has 0 bridgehead atoms. The molecule has 1 atom stereocenters. The number of primary amides is 1. The molecule has 0 saturated heterocycles. The Morgan fingerprint density at radius 3 is 2.76 bits per heavy atom. The topological polar surface area (TPSA) is 98.3 Å². The van der Waals surface area contributed by atoms with E-state index in [9.17, 15) is 14.9 Å². The summed E-state index contributed by atoms with van der Waals surface area (Å²) in [4.78, 5) is 21.1. The monoisotopic (exact) mass is 237 g/mol. The molecule has 6 heteroatoms. The zero-order chi connectivity index (χ0) is 12.8. The van der Waals surface area contributed by atoms with E-state index in [1.807, 2.05) is 0 Å². The number of nitrogens with one attached hydrogen (secondary N) is 1. The fourth-order valence-corrected chi connectivity index (χ4v) is 1.36. The van der Waals surface area contributed by atoms with Crippen LogP contribution in [-0.4, -0.2) is 17.4 Å². The lowest BCUT2D eigenvalue weighted by molar-refractivity contribution is -0.385. The fourth-order valence-electron chi connectivity index (χ4n) is 1.36. The number of nitrogens with two attached hydrogens (primary N) is 1. The van der Waals surface area contributed by atoms with E-state index >= 15 is 0 Å². The van der Waals surface area contributed by atoms with E-state index in [1.54, 1.807) is 25.1 Å². The molecule has 92 valence electrons. The third-order valence-corrected chi connectivity index (χ3v) is 2.44. The van der Waals surface area contributed by atoms with Crippen molar-refractivity contribution in [1.82, 2.24) is 5.32 Å². The summed E-state index contributed by atoms with van der Waals surface area (Å²) < 4.78 is 0. The highest BCUT2D eigenvalue weighted by Crippen LogP contribution is 2.17. The number of nitro groups is 1. The van der Waals surface area contributed by atoms with Gasteiger partial charge >= 0.3 is 0 Å². The largest absolute Gasteiger partial charge is 0.369 e. The smallest absolute Gasteiger partial charge is 0.273 e. The minimum Gasteiger partial charge on any atom is -0.369 e. The van der Waals surface area contributed by atoms with Crippen molar-refractivity contribution in [3.63, 3.8) is 0 Å². The first-order chi connectivity index (χ1) is 8.02. The molecule has 0 aliphatic carbocycles. The molecule has 3 N–H and O–H groups in total. The number of amides is 1. The van der Waals surface area contributed by atoms with Gasteiger partial charge in [0.25, 0.3) is 5.69 Å². The molecule has 1 rings (SSSR count). The standard InChI is InChI=1S/C11H15N3O3/c1-8(11(12)15)6-13-7-9-4-2-3-5-10(9)14(16)17/h2-5,8,13H,6-7H2,1H3,(H2,12,15). The van der Waals surface area contributed by atoms with Gasteiger partial charge in [0.15, 0.2) is 0 Å². The molecular weight excluding hydrogens is 222 g/mol. The maximum absolute atomic E-state index is 10.8. The Bertz CT molecular complexity index is 420. The predicted octanol–water partition coefficient (Wildman–Crippen LogP) is 0.806. The third-order valence-electron chi connectivity index (χ3n) is 2.44. The van der Waals surface area contributed by atoms with Gasteiger partial charge < -0.3 is 11.1 Å². The Morgan fingerprint density at radius 2 is 2.18 bits per heavy atom. The summed E-state index contributed by atoms with van der Waals surface area (Å²) in [7, 11) is 0. The Labute approximate surface area is 99.0 Å². The van der Waals surface area contributed by atoms with Gasteiger partial charge in [0, 0.05) is 30.6 Å². The number of hydrogen-bond donors (Lipinski definition) is 2. The molecule has 1 aromatic carbocycles. The summed E-state index contributed by atoms with van der Waals surface area (Å²) >= 11 is 0. The fraction of sp³-hybridized carbons (Fsp3) is 0.364. The SMILES string of the molecule is CC(CNCc1ccccc1[N+](=O)[O-])C(N)=O. The van der Waals surface area contributed by atoms with Gasteiger partial charge in [-0.15, -0.1) is 0 Å². The average Bonchev–Trinajstić information content (AvgIpc) is 2.29. The summed E-state index contributed by atoms with van der Waals surface area (Å²) in [6.45, 7) is 2.45. The van der Waals surface area contributed by atoms with E-state index < -0.39 is 4.92 Å². The maximum atomic E-state index is 10.8. The lowest BCUT2D eigenvalue weighted by Gasteiger charge is -2.09. The Hall–Kier alpha value is -1.95. The molecule has 0 saturated carbocycles. The van der Waals surface area contributed by atoms with Crippen LogP contribution in [-0.2, 0) is 11.3 Å². The molecule has 0 radical (unpaired) electrons. The van der Waals surface area contributed by atoms with E-state index in [0.717, 1.165) is 0 Å². The highest BCUT2D eigenvalue weighted by molar-refractivity contribution is 5.76. The Kier molecular flexibility index (Phi) is 4.59. The molecule has 0 aliphatic rings. The van der Waals surface area contributed by atoms with E-state index in [1.165, 1.54) is 6.07 Å². The van der Waals surface area contributed by atoms with Crippen LogP contribution < -0.4 is 11.1 Å². The number of nitrogens with zero attached hydrogens (tertiary/aromatic N) is 1. The summed E-state index contributed by atoms with van der Waals surface area (Å²) in [5, 5.41) is 13.7. The van der Waals surface area contributed by atoms with Crippen LogP contribution in [0, 0.1) is 16.0 Å². The number of rotatable bonds is 6. The molecule has 17 heavy (non-hydrogen) atoms. The lowest BCUT2D eigenvalue weighted by Crippen LogP contribution is -2.30. The second-order valence-electron chi connectivity index (χ2n) is 3.82. The molecule has 0 heterocycles.